The second-order valence-corrected chi connectivity index (χ2v) is 15.7. The Morgan fingerprint density at radius 1 is 0.382 bits per heavy atom. The highest BCUT2D eigenvalue weighted by Gasteiger charge is 2.25. The molecule has 1 aliphatic rings. The summed E-state index contributed by atoms with van der Waals surface area (Å²) in [6.07, 6.45) is 0. The first kappa shape index (κ1) is 31.9. The standard InChI is InChI=1S/C49H30N4S2/c1-4-14-31(15-5-1)47-50-48(32-16-6-2-7-17-32)52-49(51-47)33-26-27-35-36-21-12-22-37-39(28-29-43(45(36)37)55-44(35)30-33)53(34-18-8-3-9-19-34)40-23-13-25-42-46(40)38-20-10-11-24-41(38)54-42/h1-30H. The van der Waals surface area contributed by atoms with Crippen molar-refractivity contribution in [2.45, 2.75) is 9.79 Å². The number of nitrogens with zero attached hydrogens (tertiary/aromatic N) is 4. The molecule has 0 fully saturated rings. The first-order valence-corrected chi connectivity index (χ1v) is 19.9. The van der Waals surface area contributed by atoms with Crippen LogP contribution in [0.3, 0.4) is 0 Å². The van der Waals surface area contributed by atoms with Crippen LogP contribution in [-0.2, 0) is 0 Å². The molecule has 6 heteroatoms. The van der Waals surface area contributed by atoms with Gasteiger partial charge in [0.05, 0.1) is 11.4 Å². The second kappa shape index (κ2) is 13.1. The van der Waals surface area contributed by atoms with Crippen molar-refractivity contribution >= 4 is 71.1 Å². The van der Waals surface area contributed by atoms with Gasteiger partial charge in [0.2, 0.25) is 0 Å². The fourth-order valence-corrected chi connectivity index (χ4v) is 10.1. The molecule has 0 saturated carbocycles. The monoisotopic (exact) mass is 738 g/mol. The van der Waals surface area contributed by atoms with Gasteiger partial charge < -0.3 is 4.90 Å². The number of fused-ring (bicyclic) bond motifs is 5. The minimum absolute atomic E-state index is 0.657. The van der Waals surface area contributed by atoms with Crippen LogP contribution in [0.2, 0.25) is 0 Å². The summed E-state index contributed by atoms with van der Waals surface area (Å²) in [4.78, 5) is 19.8. The Morgan fingerprint density at radius 3 is 1.75 bits per heavy atom. The zero-order valence-electron chi connectivity index (χ0n) is 29.4. The predicted octanol–water partition coefficient (Wildman–Crippen LogP) is 14.0. The molecule has 10 aromatic rings. The fourth-order valence-electron chi connectivity index (χ4n) is 7.82. The maximum absolute atomic E-state index is 5.02. The molecule has 0 N–H and O–H groups in total. The molecule has 258 valence electrons. The average Bonchev–Trinajstić information content (AvgIpc) is 3.65. The molecular formula is C49H30N4S2. The number of thiophene rings is 1. The van der Waals surface area contributed by atoms with Gasteiger partial charge in [-0.05, 0) is 59.7 Å². The molecule has 0 unspecified atom stereocenters. The van der Waals surface area contributed by atoms with E-state index in [2.05, 4.69) is 126 Å². The molecule has 0 aliphatic carbocycles. The Labute approximate surface area is 326 Å². The van der Waals surface area contributed by atoms with Gasteiger partial charge >= 0.3 is 0 Å². The number of hydrogen-bond donors (Lipinski definition) is 0. The average molecular weight is 739 g/mol. The Kier molecular flexibility index (Phi) is 7.57. The summed E-state index contributed by atoms with van der Waals surface area (Å²) in [5.74, 6) is 1.97. The molecule has 0 radical (unpaired) electrons. The van der Waals surface area contributed by atoms with Crippen molar-refractivity contribution in [3.05, 3.63) is 182 Å². The second-order valence-electron chi connectivity index (χ2n) is 13.6. The number of hydrogen-bond acceptors (Lipinski definition) is 6. The molecule has 0 atom stereocenters. The highest BCUT2D eigenvalue weighted by molar-refractivity contribution is 7.99. The molecule has 0 bridgehead atoms. The van der Waals surface area contributed by atoms with E-state index in [1.54, 1.807) is 0 Å². The van der Waals surface area contributed by atoms with Gasteiger partial charge in [0.1, 0.15) is 0 Å². The van der Waals surface area contributed by atoms with Crippen LogP contribution in [0, 0.1) is 0 Å². The summed E-state index contributed by atoms with van der Waals surface area (Å²) in [7, 11) is 0. The van der Waals surface area contributed by atoms with Crippen LogP contribution < -0.4 is 4.90 Å². The van der Waals surface area contributed by atoms with Crippen molar-refractivity contribution in [3.63, 3.8) is 0 Å². The number of rotatable bonds is 6. The number of para-hydroxylation sites is 1. The molecule has 0 spiro atoms. The molecule has 2 aromatic heterocycles. The molecular weight excluding hydrogens is 709 g/mol. The van der Waals surface area contributed by atoms with Crippen molar-refractivity contribution in [3.8, 4) is 45.3 Å². The molecule has 8 aromatic carbocycles. The molecule has 1 aliphatic heterocycles. The van der Waals surface area contributed by atoms with E-state index in [0.29, 0.717) is 17.5 Å². The zero-order chi connectivity index (χ0) is 36.3. The highest BCUT2D eigenvalue weighted by Crippen LogP contribution is 2.53. The largest absolute Gasteiger partial charge is 0.309 e. The summed E-state index contributed by atoms with van der Waals surface area (Å²) in [6.45, 7) is 0. The van der Waals surface area contributed by atoms with Crippen molar-refractivity contribution in [1.29, 1.82) is 0 Å². The number of benzene rings is 8. The van der Waals surface area contributed by atoms with Crippen LogP contribution in [0.4, 0.5) is 17.1 Å². The SMILES string of the molecule is c1ccc(-c2nc(-c3ccccc3)nc(-c3ccc4c(c3)Sc3ccc(N(c5ccccc5)c5cccc6sc7ccccc7c56)c5cccc-4c35)n2)cc1. The molecule has 0 amide bonds. The highest BCUT2D eigenvalue weighted by atomic mass is 32.2. The number of aromatic nitrogens is 3. The van der Waals surface area contributed by atoms with Crippen LogP contribution in [0.1, 0.15) is 0 Å². The fraction of sp³-hybridized carbons (Fsp3) is 0. The molecule has 0 saturated heterocycles. The summed E-state index contributed by atoms with van der Waals surface area (Å²) in [5.41, 5.74) is 8.78. The predicted molar refractivity (Wildman–Crippen MR) is 231 cm³/mol. The van der Waals surface area contributed by atoms with Gasteiger partial charge in [-0.3, -0.25) is 0 Å². The molecule has 4 nitrogen and oxygen atoms in total. The minimum Gasteiger partial charge on any atom is -0.309 e. The van der Waals surface area contributed by atoms with Gasteiger partial charge in [-0.1, -0.05) is 145 Å². The normalized spacial score (nSPS) is 11.9. The van der Waals surface area contributed by atoms with Crippen molar-refractivity contribution in [2.24, 2.45) is 0 Å². The zero-order valence-corrected chi connectivity index (χ0v) is 31.1. The van der Waals surface area contributed by atoms with E-state index in [1.165, 1.54) is 57.5 Å². The lowest BCUT2D eigenvalue weighted by Crippen LogP contribution is -2.11. The third-order valence-electron chi connectivity index (χ3n) is 10.3. The third kappa shape index (κ3) is 5.41. The van der Waals surface area contributed by atoms with Crippen molar-refractivity contribution in [1.82, 2.24) is 15.0 Å². The smallest absolute Gasteiger partial charge is 0.164 e. The third-order valence-corrected chi connectivity index (χ3v) is 12.6. The van der Waals surface area contributed by atoms with E-state index in [0.717, 1.165) is 28.1 Å². The lowest BCUT2D eigenvalue weighted by atomic mass is 9.95. The molecule has 3 heterocycles. The van der Waals surface area contributed by atoms with E-state index in [9.17, 15) is 0 Å². The Bertz CT molecular complexity index is 3010. The van der Waals surface area contributed by atoms with Crippen LogP contribution >= 0.6 is 23.1 Å². The quantitative estimate of drug-likeness (QED) is 0.170. The summed E-state index contributed by atoms with van der Waals surface area (Å²) in [6, 6.07) is 64.5. The first-order chi connectivity index (χ1) is 27.3. The Balaban J connectivity index is 1.07. The van der Waals surface area contributed by atoms with Crippen LogP contribution in [-0.4, -0.2) is 15.0 Å². The lowest BCUT2D eigenvalue weighted by Gasteiger charge is -2.29. The van der Waals surface area contributed by atoms with E-state index in [1.807, 2.05) is 83.8 Å². The minimum atomic E-state index is 0.657. The van der Waals surface area contributed by atoms with E-state index in [4.69, 9.17) is 15.0 Å². The van der Waals surface area contributed by atoms with Gasteiger partial charge in [0.15, 0.2) is 17.5 Å². The topological polar surface area (TPSA) is 41.9 Å². The van der Waals surface area contributed by atoms with Crippen LogP contribution in [0.25, 0.3) is 76.2 Å². The summed E-state index contributed by atoms with van der Waals surface area (Å²) >= 11 is 3.67. The van der Waals surface area contributed by atoms with E-state index in [-0.39, 0.29) is 0 Å². The van der Waals surface area contributed by atoms with Crippen LogP contribution in [0.5, 0.6) is 0 Å². The lowest BCUT2D eigenvalue weighted by molar-refractivity contribution is 1.07. The van der Waals surface area contributed by atoms with Crippen LogP contribution in [0.15, 0.2) is 192 Å². The van der Waals surface area contributed by atoms with Crippen molar-refractivity contribution < 1.29 is 0 Å². The van der Waals surface area contributed by atoms with Gasteiger partial charge in [0.25, 0.3) is 0 Å². The maximum Gasteiger partial charge on any atom is 0.164 e. The van der Waals surface area contributed by atoms with E-state index >= 15 is 0 Å². The van der Waals surface area contributed by atoms with E-state index < -0.39 is 0 Å². The summed E-state index contributed by atoms with van der Waals surface area (Å²) < 4.78 is 2.58. The van der Waals surface area contributed by atoms with Crippen molar-refractivity contribution in [2.75, 3.05) is 4.90 Å². The molecule has 11 rings (SSSR count). The molecule has 55 heavy (non-hydrogen) atoms. The van der Waals surface area contributed by atoms with Gasteiger partial charge in [0, 0.05) is 63.1 Å². The van der Waals surface area contributed by atoms with Gasteiger partial charge in [-0.25, -0.2) is 15.0 Å². The van der Waals surface area contributed by atoms with Gasteiger partial charge in [-0.15, -0.1) is 11.3 Å². The maximum atomic E-state index is 5.02. The Hall–Kier alpha value is -6.60. The summed E-state index contributed by atoms with van der Waals surface area (Å²) in [5, 5.41) is 5.05. The Morgan fingerprint density at radius 2 is 1.00 bits per heavy atom. The first-order valence-electron chi connectivity index (χ1n) is 18.3. The van der Waals surface area contributed by atoms with Gasteiger partial charge in [-0.2, -0.15) is 0 Å². The number of anilines is 3.